The van der Waals surface area contributed by atoms with Gasteiger partial charge >= 0.3 is 11.7 Å². The Bertz CT molecular complexity index is 1290. The van der Waals surface area contributed by atoms with Gasteiger partial charge in [0, 0.05) is 13.6 Å². The molecule has 0 saturated heterocycles. The van der Waals surface area contributed by atoms with E-state index in [1.54, 1.807) is 14.0 Å². The summed E-state index contributed by atoms with van der Waals surface area (Å²) in [7, 11) is -2.12. The Balaban J connectivity index is 2.27. The molecule has 31 heavy (non-hydrogen) atoms. The van der Waals surface area contributed by atoms with Gasteiger partial charge in [0.1, 0.15) is 5.52 Å². The fourth-order valence-corrected chi connectivity index (χ4v) is 3.44. The molecule has 2 heterocycles. The molecule has 2 aromatic heterocycles. The topological polar surface area (TPSA) is 145 Å². The highest BCUT2D eigenvalue weighted by atomic mass is 32.2. The molecule has 1 aromatic carbocycles. The van der Waals surface area contributed by atoms with Gasteiger partial charge in [0.15, 0.2) is 11.5 Å². The van der Waals surface area contributed by atoms with E-state index in [2.05, 4.69) is 14.7 Å². The molecule has 0 saturated carbocycles. The zero-order valence-electron chi connectivity index (χ0n) is 17.8. The van der Waals surface area contributed by atoms with Crippen LogP contribution < -0.4 is 16.1 Å². The first-order chi connectivity index (χ1) is 14.6. The predicted octanol–water partition coefficient (Wildman–Crippen LogP) is 1.21. The van der Waals surface area contributed by atoms with E-state index in [-0.39, 0.29) is 35.2 Å². The van der Waals surface area contributed by atoms with Crippen LogP contribution in [0.4, 0.5) is 16.6 Å². The molecule has 3 N–H and O–H groups in total. The molecule has 166 valence electrons. The Morgan fingerprint density at radius 2 is 1.84 bits per heavy atom. The Labute approximate surface area is 179 Å². The highest BCUT2D eigenvalue weighted by Crippen LogP contribution is 2.21. The number of rotatable bonds is 6. The van der Waals surface area contributed by atoms with Gasteiger partial charge < -0.3 is 10.6 Å². The number of nitrogens with one attached hydrogen (secondary N) is 1. The molecule has 0 aliphatic heterocycles. The highest BCUT2D eigenvalue weighted by molar-refractivity contribution is 7.92. The van der Waals surface area contributed by atoms with Crippen molar-refractivity contribution in [2.45, 2.75) is 27.3 Å². The summed E-state index contributed by atoms with van der Waals surface area (Å²) < 4.78 is 28.4. The van der Waals surface area contributed by atoms with Crippen molar-refractivity contribution in [2.24, 2.45) is 0 Å². The number of aryl methyl sites for hydroxylation is 1. The van der Waals surface area contributed by atoms with Gasteiger partial charge in [0.05, 0.1) is 12.3 Å². The number of aromatic nitrogens is 4. The van der Waals surface area contributed by atoms with Crippen LogP contribution in [0.15, 0.2) is 29.1 Å². The van der Waals surface area contributed by atoms with Crippen LogP contribution in [-0.4, -0.2) is 57.8 Å². The number of nitrogens with zero attached hydrogens (tertiary/aromatic N) is 5. The summed E-state index contributed by atoms with van der Waals surface area (Å²) in [6.07, 6.45) is 0. The largest absolute Gasteiger partial charge is 0.382 e. The maximum Gasteiger partial charge on any atom is 0.339 e. The molecule has 0 bridgehead atoms. The lowest BCUT2D eigenvalue weighted by Gasteiger charge is -2.14. The van der Waals surface area contributed by atoms with Crippen LogP contribution in [0.5, 0.6) is 0 Å². The Hall–Kier alpha value is -3.41. The summed E-state index contributed by atoms with van der Waals surface area (Å²) in [5.41, 5.74) is 7.37. The molecule has 0 aliphatic carbocycles. The number of fused-ring (bicyclic) bond motifs is 1. The summed E-state index contributed by atoms with van der Waals surface area (Å²) in [5.74, 6) is -0.639. The molecule has 1 amide bonds. The number of carbonyl (C=O) groups excluding carboxylic acids is 1. The number of nitrogen functional groups attached to an aromatic ring is 1. The van der Waals surface area contributed by atoms with Crippen LogP contribution in [0, 0.1) is 6.92 Å². The lowest BCUT2D eigenvalue weighted by molar-refractivity contribution is 0.212. The van der Waals surface area contributed by atoms with Gasteiger partial charge in [-0.1, -0.05) is 29.8 Å². The smallest absolute Gasteiger partial charge is 0.339 e. The minimum Gasteiger partial charge on any atom is -0.382 e. The highest BCUT2D eigenvalue weighted by Gasteiger charge is 2.25. The van der Waals surface area contributed by atoms with Crippen molar-refractivity contribution in [3.63, 3.8) is 0 Å². The summed E-state index contributed by atoms with van der Waals surface area (Å²) in [6.45, 7) is 5.66. The van der Waals surface area contributed by atoms with E-state index < -0.39 is 21.7 Å². The third-order valence-corrected chi connectivity index (χ3v) is 6.13. The van der Waals surface area contributed by atoms with Crippen molar-refractivity contribution < 1.29 is 13.2 Å². The molecule has 0 radical (unpaired) electrons. The number of anilines is 2. The van der Waals surface area contributed by atoms with Gasteiger partial charge in [-0.15, -0.1) is 0 Å². The molecule has 0 fully saturated rings. The van der Waals surface area contributed by atoms with Gasteiger partial charge in [-0.3, -0.25) is 9.29 Å². The van der Waals surface area contributed by atoms with Gasteiger partial charge in [0.25, 0.3) is 0 Å². The Morgan fingerprint density at radius 1 is 1.19 bits per heavy atom. The van der Waals surface area contributed by atoms with Crippen molar-refractivity contribution in [3.05, 3.63) is 45.9 Å². The lowest BCUT2D eigenvalue weighted by Crippen LogP contribution is -2.38. The second-order valence-electron chi connectivity index (χ2n) is 7.10. The summed E-state index contributed by atoms with van der Waals surface area (Å²) >= 11 is 0. The van der Waals surface area contributed by atoms with Crippen molar-refractivity contribution in [3.8, 4) is 0 Å². The molecule has 3 aromatic rings. The fraction of sp³-hybridized carbons (Fsp3) is 0.368. The molecule has 0 aliphatic rings. The minimum atomic E-state index is -3.67. The van der Waals surface area contributed by atoms with E-state index in [9.17, 15) is 18.0 Å². The molecular weight excluding hydrogens is 422 g/mol. The third-order valence-electron chi connectivity index (χ3n) is 4.87. The van der Waals surface area contributed by atoms with E-state index in [4.69, 9.17) is 5.73 Å². The van der Waals surface area contributed by atoms with Crippen molar-refractivity contribution >= 4 is 39.0 Å². The minimum absolute atomic E-state index is 0.0295. The van der Waals surface area contributed by atoms with Crippen molar-refractivity contribution in [1.82, 2.24) is 24.0 Å². The van der Waals surface area contributed by atoms with Gasteiger partial charge in [0.2, 0.25) is 16.0 Å². The number of nitrogens with two attached hydrogens (primary N) is 1. The SMILES string of the molecule is CCN(C)C(=O)n1c(=O)n(Cc2ccc(C)cc2)c2nc(NS(=O)(=O)CC)nc(N)c21. The maximum atomic E-state index is 13.2. The van der Waals surface area contributed by atoms with E-state index in [0.29, 0.717) is 6.54 Å². The van der Waals surface area contributed by atoms with Crippen LogP contribution in [0.1, 0.15) is 25.0 Å². The van der Waals surface area contributed by atoms with Gasteiger partial charge in [-0.25, -0.2) is 22.6 Å². The molecular formula is C19H25N7O4S. The van der Waals surface area contributed by atoms with E-state index in [1.807, 2.05) is 31.2 Å². The van der Waals surface area contributed by atoms with Crippen LogP contribution in [0.3, 0.4) is 0 Å². The van der Waals surface area contributed by atoms with E-state index in [0.717, 1.165) is 15.7 Å². The van der Waals surface area contributed by atoms with E-state index in [1.165, 1.54) is 16.4 Å². The Morgan fingerprint density at radius 3 is 2.42 bits per heavy atom. The molecule has 3 rings (SSSR count). The van der Waals surface area contributed by atoms with Crippen LogP contribution in [0.2, 0.25) is 0 Å². The Kier molecular flexibility index (Phi) is 6.02. The van der Waals surface area contributed by atoms with Crippen molar-refractivity contribution in [1.29, 1.82) is 0 Å². The maximum absolute atomic E-state index is 13.2. The molecule has 0 unspecified atom stereocenters. The third kappa shape index (κ3) is 4.38. The first-order valence-corrected chi connectivity index (χ1v) is 11.3. The second-order valence-corrected chi connectivity index (χ2v) is 9.11. The monoisotopic (exact) mass is 447 g/mol. The van der Waals surface area contributed by atoms with Crippen LogP contribution >= 0.6 is 0 Å². The molecule has 12 heteroatoms. The number of hydrogen-bond acceptors (Lipinski definition) is 7. The predicted molar refractivity (Wildman–Crippen MR) is 119 cm³/mol. The quantitative estimate of drug-likeness (QED) is 0.578. The summed E-state index contributed by atoms with van der Waals surface area (Å²) in [6, 6.07) is 6.93. The summed E-state index contributed by atoms with van der Waals surface area (Å²) in [4.78, 5) is 35.7. The lowest BCUT2D eigenvalue weighted by atomic mass is 10.1. The summed E-state index contributed by atoms with van der Waals surface area (Å²) in [5, 5.41) is 0. The number of carbonyl (C=O) groups is 1. The number of sulfonamides is 1. The first-order valence-electron chi connectivity index (χ1n) is 9.68. The molecule has 0 atom stereocenters. The average Bonchev–Trinajstić information content (AvgIpc) is 3.00. The zero-order valence-corrected chi connectivity index (χ0v) is 18.6. The number of amides is 1. The van der Waals surface area contributed by atoms with Gasteiger partial charge in [-0.2, -0.15) is 9.97 Å². The van der Waals surface area contributed by atoms with E-state index >= 15 is 0 Å². The molecule has 0 spiro atoms. The number of hydrogen-bond donors (Lipinski definition) is 2. The van der Waals surface area contributed by atoms with Gasteiger partial charge in [-0.05, 0) is 26.3 Å². The zero-order chi connectivity index (χ0) is 22.9. The van der Waals surface area contributed by atoms with Crippen LogP contribution in [-0.2, 0) is 16.6 Å². The normalized spacial score (nSPS) is 11.6. The second kappa shape index (κ2) is 8.38. The number of benzene rings is 1. The molecule has 11 nitrogen and oxygen atoms in total. The average molecular weight is 448 g/mol. The van der Waals surface area contributed by atoms with Crippen LogP contribution in [0.25, 0.3) is 11.2 Å². The van der Waals surface area contributed by atoms with Crippen molar-refractivity contribution in [2.75, 3.05) is 29.8 Å². The number of imidazole rings is 1. The first kappa shape index (κ1) is 22.3. The fourth-order valence-electron chi connectivity index (χ4n) is 2.93. The standard InChI is InChI=1S/C19H25N7O4S/c1-5-24(4)18(27)26-14-15(20)21-17(23-31(29,30)6-2)22-16(14)25(19(26)28)11-13-9-7-12(3)8-10-13/h7-10H,5-6,11H2,1-4H3,(H3,20,21,22,23).